The van der Waals surface area contributed by atoms with Gasteiger partial charge in [-0.25, -0.2) is 9.67 Å². The Morgan fingerprint density at radius 3 is 2.37 bits per heavy atom. The molecule has 1 saturated carbocycles. The predicted molar refractivity (Wildman–Crippen MR) is 230 cm³/mol. The summed E-state index contributed by atoms with van der Waals surface area (Å²) in [5.74, 6) is 1.45. The quantitative estimate of drug-likeness (QED) is 0.201. The monoisotopic (exact) mass is 811 g/mol. The van der Waals surface area contributed by atoms with E-state index in [0.29, 0.717) is 60.4 Å². The highest BCUT2D eigenvalue weighted by molar-refractivity contribution is 6.05. The van der Waals surface area contributed by atoms with Crippen LogP contribution in [-0.4, -0.2) is 105 Å². The van der Waals surface area contributed by atoms with Crippen LogP contribution in [0.15, 0.2) is 60.8 Å². The third-order valence-electron chi connectivity index (χ3n) is 13.4. The number of imidazole rings is 1. The summed E-state index contributed by atoms with van der Waals surface area (Å²) < 4.78 is 10.4. The van der Waals surface area contributed by atoms with Gasteiger partial charge in [-0.15, -0.1) is 0 Å². The number of piperidine rings is 2. The first-order valence-electron chi connectivity index (χ1n) is 21.6. The molecule has 5 aliphatic rings. The zero-order valence-corrected chi connectivity index (χ0v) is 34.4. The lowest BCUT2D eigenvalue weighted by Crippen LogP contribution is -2.53. The molecule has 15 nitrogen and oxygen atoms in total. The van der Waals surface area contributed by atoms with E-state index in [0.717, 1.165) is 106 Å². The number of nitrogens with zero attached hydrogens (tertiary/aromatic N) is 8. The van der Waals surface area contributed by atoms with Crippen LogP contribution in [-0.2, 0) is 23.2 Å². The zero-order valence-electron chi connectivity index (χ0n) is 34.4. The number of anilines is 4. The molecule has 3 N–H and O–H groups in total. The van der Waals surface area contributed by atoms with Crippen LogP contribution in [0.4, 0.5) is 23.0 Å². The van der Waals surface area contributed by atoms with Gasteiger partial charge < -0.3 is 24.4 Å². The maximum Gasteiger partial charge on any atom is 0.258 e. The Morgan fingerprint density at radius 2 is 1.57 bits per heavy atom. The number of pyridine rings is 1. The summed E-state index contributed by atoms with van der Waals surface area (Å²) in [4.78, 5) is 55.1. The van der Waals surface area contributed by atoms with Gasteiger partial charge in [0.25, 0.3) is 5.91 Å². The minimum atomic E-state index is -0.383. The van der Waals surface area contributed by atoms with Crippen LogP contribution in [0, 0.1) is 18.8 Å². The average molecular weight is 812 g/mol. The van der Waals surface area contributed by atoms with E-state index < -0.39 is 0 Å². The van der Waals surface area contributed by atoms with Crippen molar-refractivity contribution in [2.45, 2.75) is 70.5 Å². The summed E-state index contributed by atoms with van der Waals surface area (Å²) in [6.45, 7) is 9.28. The van der Waals surface area contributed by atoms with Gasteiger partial charge in [-0.1, -0.05) is 0 Å². The Balaban J connectivity index is 0.804. The van der Waals surface area contributed by atoms with Crippen LogP contribution >= 0.6 is 0 Å². The number of nitrogens with one attached hydrogen (secondary N) is 3. The number of carbonyl (C=O) groups is 3. The van der Waals surface area contributed by atoms with E-state index >= 15 is 0 Å². The molecule has 4 fully saturated rings. The van der Waals surface area contributed by atoms with Gasteiger partial charge in [-0.2, -0.15) is 5.10 Å². The molecule has 5 aromatic rings. The van der Waals surface area contributed by atoms with Crippen molar-refractivity contribution >= 4 is 51.8 Å². The lowest BCUT2D eigenvalue weighted by molar-refractivity contribution is -0.133. The molecule has 4 aliphatic heterocycles. The van der Waals surface area contributed by atoms with Crippen LogP contribution in [0.2, 0.25) is 0 Å². The topological polar surface area (TPSA) is 155 Å². The minimum absolute atomic E-state index is 0.204. The van der Waals surface area contributed by atoms with Crippen molar-refractivity contribution in [3.05, 3.63) is 72.1 Å². The first-order chi connectivity index (χ1) is 29.2. The summed E-state index contributed by atoms with van der Waals surface area (Å²) in [7, 11) is 1.88. The minimum Gasteiger partial charge on any atom is -0.477 e. The first kappa shape index (κ1) is 38.3. The fourth-order valence-corrected chi connectivity index (χ4v) is 10.1. The Kier molecular flexibility index (Phi) is 10.1. The third-order valence-corrected chi connectivity index (χ3v) is 13.4. The van der Waals surface area contributed by atoms with Crippen molar-refractivity contribution < 1.29 is 19.1 Å². The summed E-state index contributed by atoms with van der Waals surface area (Å²) >= 11 is 0. The number of aryl methyl sites for hydroxylation is 2. The van der Waals surface area contributed by atoms with E-state index in [1.807, 2.05) is 38.2 Å². The Labute approximate surface area is 349 Å². The Bertz CT molecular complexity index is 2430. The SMILES string of the molecule is Cc1cc2cc(n1)-c1cnn(C)c1OC[C@H]1CC[C@H](C1)Cn1c(nc3ccc(N4CCC(N5CCN(c6ccc(NC7CCC(=O)NC7=O)cc6)CC5)CC4)cc31)NC2=O. The highest BCUT2D eigenvalue weighted by Crippen LogP contribution is 2.37. The van der Waals surface area contributed by atoms with Crippen molar-refractivity contribution in [3.63, 3.8) is 0 Å². The number of aromatic nitrogens is 5. The van der Waals surface area contributed by atoms with Gasteiger partial charge in [-0.3, -0.25) is 34.9 Å². The van der Waals surface area contributed by atoms with Gasteiger partial charge in [0, 0.05) is 93.6 Å². The second-order valence-electron chi connectivity index (χ2n) is 17.3. The summed E-state index contributed by atoms with van der Waals surface area (Å²) in [6.07, 6.45) is 8.09. The van der Waals surface area contributed by atoms with Crippen LogP contribution in [0.5, 0.6) is 5.88 Å². The molecule has 15 heteroatoms. The number of hydrogen-bond acceptors (Lipinski definition) is 11. The van der Waals surface area contributed by atoms with Crippen LogP contribution in [0.1, 0.15) is 61.0 Å². The number of imide groups is 1. The molecule has 7 heterocycles. The molecule has 10 rings (SSSR count). The van der Waals surface area contributed by atoms with Gasteiger partial charge in [0.1, 0.15) is 6.04 Å². The van der Waals surface area contributed by atoms with Crippen LogP contribution in [0.25, 0.3) is 22.3 Å². The number of ether oxygens (including phenoxy) is 1. The largest absolute Gasteiger partial charge is 0.477 e. The molecule has 0 radical (unpaired) electrons. The van der Waals surface area contributed by atoms with E-state index in [1.54, 1.807) is 10.9 Å². The maximum atomic E-state index is 14.0. The third kappa shape index (κ3) is 7.66. The molecule has 2 aromatic carbocycles. The molecule has 60 heavy (non-hydrogen) atoms. The molecule has 312 valence electrons. The predicted octanol–water partition coefficient (Wildman–Crippen LogP) is 5.21. The van der Waals surface area contributed by atoms with Crippen molar-refractivity contribution in [2.75, 3.05) is 66.3 Å². The van der Waals surface area contributed by atoms with E-state index in [4.69, 9.17) is 14.7 Å². The highest BCUT2D eigenvalue weighted by atomic mass is 16.5. The van der Waals surface area contributed by atoms with E-state index in [9.17, 15) is 14.4 Å². The molecule has 1 unspecified atom stereocenters. The smallest absolute Gasteiger partial charge is 0.258 e. The van der Waals surface area contributed by atoms with Crippen LogP contribution in [0.3, 0.4) is 0 Å². The molecule has 3 saturated heterocycles. The molecular formula is C45H53N11O4. The fourth-order valence-electron chi connectivity index (χ4n) is 10.1. The Hall–Kier alpha value is -5.96. The summed E-state index contributed by atoms with van der Waals surface area (Å²) in [5.41, 5.74) is 7.91. The number of rotatable bonds is 5. The fraction of sp³-hybridized carbons (Fsp3) is 0.467. The number of piperazine rings is 1. The molecule has 4 bridgehead atoms. The standard InChI is InChI=1S/C45H53N11O4/c1-28-21-31-23-39(47-28)36-25-46-52(2)44(36)60-27-30-4-3-29(22-30)26-56-40-24-35(9-10-37(40)49-45(56)51-42(31)58)53-15-13-34(14-16-53)55-19-17-54(18-20-55)33-7-5-32(6-8-33)48-38-11-12-41(57)50-43(38)59/h5-10,21,23-25,29-30,34,38,48H,3-4,11-20,22,26-27H2,1-2H3,(H,49,51,58)(H,50,57,59)/t29-,30+,38?/m1/s1. The molecule has 1 aliphatic carbocycles. The number of amides is 3. The molecule has 3 atom stereocenters. The van der Waals surface area contributed by atoms with E-state index in [-0.39, 0.29) is 23.8 Å². The van der Waals surface area contributed by atoms with Gasteiger partial charge in [0.2, 0.25) is 23.6 Å². The summed E-state index contributed by atoms with van der Waals surface area (Å²) in [5, 5.41) is 13.4. The van der Waals surface area contributed by atoms with Gasteiger partial charge in [-0.05, 0) is 112 Å². The maximum absolute atomic E-state index is 14.0. The lowest BCUT2D eigenvalue weighted by Gasteiger charge is -2.44. The number of fused-ring (bicyclic) bond motifs is 9. The molecule has 0 spiro atoms. The second-order valence-corrected chi connectivity index (χ2v) is 17.3. The molecule has 3 aromatic heterocycles. The van der Waals surface area contributed by atoms with E-state index in [2.05, 4.69) is 70.6 Å². The first-order valence-corrected chi connectivity index (χ1v) is 21.6. The van der Waals surface area contributed by atoms with Gasteiger partial charge >= 0.3 is 0 Å². The number of benzene rings is 2. The van der Waals surface area contributed by atoms with Crippen LogP contribution < -0.4 is 30.5 Å². The molecular weight excluding hydrogens is 759 g/mol. The normalized spacial score (nSPS) is 23.0. The highest BCUT2D eigenvalue weighted by Gasteiger charge is 2.31. The Morgan fingerprint density at radius 1 is 0.800 bits per heavy atom. The van der Waals surface area contributed by atoms with Crippen molar-refractivity contribution in [1.82, 2.24) is 34.5 Å². The summed E-state index contributed by atoms with van der Waals surface area (Å²) in [6, 6.07) is 18.7. The van der Waals surface area contributed by atoms with E-state index in [1.165, 1.54) is 11.4 Å². The lowest BCUT2D eigenvalue weighted by atomic mass is 10.0. The molecule has 3 amide bonds. The van der Waals surface area contributed by atoms with Crippen molar-refractivity contribution in [3.8, 4) is 17.1 Å². The number of hydrogen-bond donors (Lipinski definition) is 3. The zero-order chi connectivity index (χ0) is 40.9. The van der Waals surface area contributed by atoms with Crippen molar-refractivity contribution in [1.29, 1.82) is 0 Å². The second kappa shape index (κ2) is 15.9. The van der Waals surface area contributed by atoms with Crippen molar-refractivity contribution in [2.24, 2.45) is 18.9 Å². The van der Waals surface area contributed by atoms with Gasteiger partial charge in [0.15, 0.2) is 0 Å². The average Bonchev–Trinajstić information content (AvgIpc) is 3.97. The number of carbonyl (C=O) groups excluding carboxylic acids is 3. The van der Waals surface area contributed by atoms with Gasteiger partial charge in [0.05, 0.1) is 35.1 Å².